The van der Waals surface area contributed by atoms with E-state index in [1.165, 1.54) is 37.6 Å². The number of rotatable bonds is 4. The van der Waals surface area contributed by atoms with E-state index in [9.17, 15) is 0 Å². The first-order valence-corrected chi connectivity index (χ1v) is 6.84. The van der Waals surface area contributed by atoms with E-state index in [1.807, 2.05) is 0 Å². The molecule has 1 aliphatic rings. The van der Waals surface area contributed by atoms with Gasteiger partial charge in [0.05, 0.1) is 0 Å². The Balaban J connectivity index is 2.33. The van der Waals surface area contributed by atoms with Crippen molar-refractivity contribution in [2.45, 2.75) is 32.7 Å². The molecule has 0 aliphatic carbocycles. The summed E-state index contributed by atoms with van der Waals surface area (Å²) in [5, 5.41) is 3.54. The van der Waals surface area contributed by atoms with Crippen LogP contribution in [0.3, 0.4) is 0 Å². The molecular formula is C11H24N2S. The van der Waals surface area contributed by atoms with Crippen LogP contribution in [0.1, 0.15) is 27.2 Å². The highest BCUT2D eigenvalue weighted by Crippen LogP contribution is 2.13. The van der Waals surface area contributed by atoms with Gasteiger partial charge in [0.15, 0.2) is 0 Å². The van der Waals surface area contributed by atoms with Crippen LogP contribution in [0.2, 0.25) is 0 Å². The molecule has 3 heteroatoms. The highest BCUT2D eigenvalue weighted by Gasteiger charge is 2.20. The Morgan fingerprint density at radius 2 is 2.07 bits per heavy atom. The quantitative estimate of drug-likeness (QED) is 0.771. The van der Waals surface area contributed by atoms with Crippen LogP contribution in [0.5, 0.6) is 0 Å². The van der Waals surface area contributed by atoms with Crippen molar-refractivity contribution in [2.75, 3.05) is 37.7 Å². The van der Waals surface area contributed by atoms with Crippen molar-refractivity contribution in [3.8, 4) is 0 Å². The molecule has 2 nitrogen and oxygen atoms in total. The topological polar surface area (TPSA) is 15.3 Å². The van der Waals surface area contributed by atoms with Gasteiger partial charge in [-0.05, 0) is 39.1 Å². The lowest BCUT2D eigenvalue weighted by Crippen LogP contribution is -2.49. The van der Waals surface area contributed by atoms with Crippen LogP contribution in [0.4, 0.5) is 0 Å². The van der Waals surface area contributed by atoms with Crippen molar-refractivity contribution in [3.05, 3.63) is 0 Å². The number of likely N-dealkylation sites (N-methyl/N-ethyl adjacent to an activating group) is 1. The maximum absolute atomic E-state index is 3.54. The molecule has 1 N–H and O–H groups in total. The average Bonchev–Trinajstić information content (AvgIpc) is 2.31. The first-order chi connectivity index (χ1) is 6.64. The number of thioether (sulfide) groups is 1. The van der Waals surface area contributed by atoms with Crippen molar-refractivity contribution in [1.29, 1.82) is 0 Å². The van der Waals surface area contributed by atoms with Crippen LogP contribution in [-0.4, -0.2) is 48.1 Å². The Labute approximate surface area is 92.8 Å². The standard InChI is InChI=1S/C11H24N2S/c1-4-12-11(2,3)10-13-6-5-8-14-9-7-13/h12H,4-10H2,1-3H3. The van der Waals surface area contributed by atoms with Gasteiger partial charge >= 0.3 is 0 Å². The van der Waals surface area contributed by atoms with Gasteiger partial charge in [0, 0.05) is 24.4 Å². The van der Waals surface area contributed by atoms with Gasteiger partial charge in [-0.25, -0.2) is 0 Å². The van der Waals surface area contributed by atoms with Crippen molar-refractivity contribution in [2.24, 2.45) is 0 Å². The Bertz CT molecular complexity index is 151. The van der Waals surface area contributed by atoms with Gasteiger partial charge in [-0.3, -0.25) is 0 Å². The number of hydrogen-bond acceptors (Lipinski definition) is 3. The predicted molar refractivity (Wildman–Crippen MR) is 66.1 cm³/mol. The smallest absolute Gasteiger partial charge is 0.0252 e. The highest BCUT2D eigenvalue weighted by molar-refractivity contribution is 7.99. The fourth-order valence-electron chi connectivity index (χ4n) is 2.05. The van der Waals surface area contributed by atoms with Gasteiger partial charge in [0.1, 0.15) is 0 Å². The molecule has 0 bridgehead atoms. The third-order valence-corrected chi connectivity index (χ3v) is 3.64. The van der Waals surface area contributed by atoms with Gasteiger partial charge in [0.25, 0.3) is 0 Å². The first kappa shape index (κ1) is 12.3. The summed E-state index contributed by atoms with van der Waals surface area (Å²) in [5.74, 6) is 2.65. The molecule has 0 aromatic carbocycles. The number of hydrogen-bond donors (Lipinski definition) is 1. The van der Waals surface area contributed by atoms with E-state index in [2.05, 4.69) is 42.7 Å². The lowest BCUT2D eigenvalue weighted by molar-refractivity contribution is 0.214. The second-order valence-corrected chi connectivity index (χ2v) is 5.88. The molecule has 1 saturated heterocycles. The van der Waals surface area contributed by atoms with Crippen molar-refractivity contribution in [1.82, 2.24) is 10.2 Å². The predicted octanol–water partition coefficient (Wildman–Crippen LogP) is 1.81. The van der Waals surface area contributed by atoms with E-state index >= 15 is 0 Å². The van der Waals surface area contributed by atoms with Crippen LogP contribution >= 0.6 is 11.8 Å². The van der Waals surface area contributed by atoms with E-state index < -0.39 is 0 Å². The molecule has 1 aliphatic heterocycles. The molecule has 0 spiro atoms. The molecule has 14 heavy (non-hydrogen) atoms. The molecule has 84 valence electrons. The normalized spacial score (nSPS) is 20.8. The second kappa shape index (κ2) is 5.99. The lowest BCUT2D eigenvalue weighted by atomic mass is 10.0. The molecule has 0 radical (unpaired) electrons. The molecule has 1 rings (SSSR count). The summed E-state index contributed by atoms with van der Waals surface area (Å²) in [5.41, 5.74) is 0.268. The minimum absolute atomic E-state index is 0.268. The van der Waals surface area contributed by atoms with E-state index in [0.717, 1.165) is 6.54 Å². The molecule has 0 unspecified atom stereocenters. The van der Waals surface area contributed by atoms with Gasteiger partial charge in [-0.2, -0.15) is 11.8 Å². The minimum atomic E-state index is 0.268. The molecular weight excluding hydrogens is 192 g/mol. The Hall–Kier alpha value is 0.270. The van der Waals surface area contributed by atoms with Gasteiger partial charge in [-0.1, -0.05) is 6.92 Å². The van der Waals surface area contributed by atoms with Gasteiger partial charge in [0.2, 0.25) is 0 Å². The highest BCUT2D eigenvalue weighted by atomic mass is 32.2. The van der Waals surface area contributed by atoms with Crippen LogP contribution in [0, 0.1) is 0 Å². The fourth-order valence-corrected chi connectivity index (χ4v) is 2.97. The first-order valence-electron chi connectivity index (χ1n) is 5.69. The molecule has 0 atom stereocenters. The summed E-state index contributed by atoms with van der Waals surface area (Å²) in [6.07, 6.45) is 1.35. The SMILES string of the molecule is CCNC(C)(C)CN1CCCSCC1. The van der Waals surface area contributed by atoms with E-state index in [4.69, 9.17) is 0 Å². The average molecular weight is 216 g/mol. The summed E-state index contributed by atoms with van der Waals surface area (Å²) >= 11 is 2.10. The van der Waals surface area contributed by atoms with Crippen LogP contribution in [0.25, 0.3) is 0 Å². The van der Waals surface area contributed by atoms with Crippen molar-refractivity contribution in [3.63, 3.8) is 0 Å². The van der Waals surface area contributed by atoms with Crippen LogP contribution in [-0.2, 0) is 0 Å². The largest absolute Gasteiger partial charge is 0.311 e. The summed E-state index contributed by atoms with van der Waals surface area (Å²) in [4.78, 5) is 2.60. The summed E-state index contributed by atoms with van der Waals surface area (Å²) in [7, 11) is 0. The Morgan fingerprint density at radius 3 is 2.79 bits per heavy atom. The van der Waals surface area contributed by atoms with Crippen molar-refractivity contribution >= 4 is 11.8 Å². The zero-order valence-corrected chi connectivity index (χ0v) is 10.6. The van der Waals surface area contributed by atoms with E-state index in [-0.39, 0.29) is 5.54 Å². The fraction of sp³-hybridized carbons (Fsp3) is 1.00. The molecule has 0 amide bonds. The monoisotopic (exact) mass is 216 g/mol. The molecule has 0 aromatic heterocycles. The van der Waals surface area contributed by atoms with E-state index in [1.54, 1.807) is 0 Å². The van der Waals surface area contributed by atoms with E-state index in [0.29, 0.717) is 0 Å². The zero-order valence-electron chi connectivity index (χ0n) is 9.81. The maximum Gasteiger partial charge on any atom is 0.0252 e. The van der Waals surface area contributed by atoms with Crippen LogP contribution in [0.15, 0.2) is 0 Å². The second-order valence-electron chi connectivity index (χ2n) is 4.66. The summed E-state index contributed by atoms with van der Waals surface area (Å²) in [6.45, 7) is 11.6. The molecule has 0 aromatic rings. The van der Waals surface area contributed by atoms with Gasteiger partial charge < -0.3 is 10.2 Å². The van der Waals surface area contributed by atoms with Crippen molar-refractivity contribution < 1.29 is 0 Å². The summed E-state index contributed by atoms with van der Waals surface area (Å²) in [6, 6.07) is 0. The van der Waals surface area contributed by atoms with Crippen LogP contribution < -0.4 is 5.32 Å². The minimum Gasteiger partial charge on any atom is -0.311 e. The summed E-state index contributed by atoms with van der Waals surface area (Å²) < 4.78 is 0. The lowest BCUT2D eigenvalue weighted by Gasteiger charge is -2.32. The third-order valence-electron chi connectivity index (χ3n) is 2.59. The molecule has 1 fully saturated rings. The van der Waals surface area contributed by atoms with Gasteiger partial charge in [-0.15, -0.1) is 0 Å². The third kappa shape index (κ3) is 4.67. The zero-order chi connectivity index (χ0) is 10.4. The molecule has 1 heterocycles. The maximum atomic E-state index is 3.54. The number of nitrogens with zero attached hydrogens (tertiary/aromatic N) is 1. The Morgan fingerprint density at radius 1 is 1.29 bits per heavy atom. The Kier molecular flexibility index (Phi) is 5.28. The number of nitrogens with one attached hydrogen (secondary N) is 1. The molecule has 0 saturated carbocycles.